The van der Waals surface area contributed by atoms with Crippen molar-refractivity contribution in [1.82, 2.24) is 4.98 Å². The maximum atomic E-state index is 11.9. The fourth-order valence-electron chi connectivity index (χ4n) is 2.14. The lowest BCUT2D eigenvalue weighted by Crippen LogP contribution is -2.02. The molecule has 2 aromatic carbocycles. The van der Waals surface area contributed by atoms with Crippen molar-refractivity contribution in [3.8, 4) is 28.5 Å². The first-order valence-corrected chi connectivity index (χ1v) is 7.86. The number of aromatic nitrogens is 1. The second-order valence-electron chi connectivity index (χ2n) is 4.72. The van der Waals surface area contributed by atoms with Gasteiger partial charge in [-0.2, -0.15) is 0 Å². The van der Waals surface area contributed by atoms with E-state index >= 15 is 0 Å². The zero-order chi connectivity index (χ0) is 16.4. The Balaban J connectivity index is 2.17. The molecule has 0 saturated heterocycles. The van der Waals surface area contributed by atoms with E-state index in [-0.39, 0.29) is 5.89 Å². The lowest BCUT2D eigenvalue weighted by molar-refractivity contribution is 0.416. The second kappa shape index (κ2) is 6.56. The Morgan fingerprint density at radius 1 is 1.13 bits per heavy atom. The van der Waals surface area contributed by atoms with Crippen LogP contribution in [-0.4, -0.2) is 12.1 Å². The molecule has 1 heterocycles. The van der Waals surface area contributed by atoms with Gasteiger partial charge in [-0.25, -0.2) is 9.78 Å². The first-order chi connectivity index (χ1) is 11.1. The van der Waals surface area contributed by atoms with E-state index in [9.17, 15) is 4.79 Å². The molecule has 0 bridgehead atoms. The van der Waals surface area contributed by atoms with Crippen molar-refractivity contribution in [2.75, 3.05) is 7.11 Å². The molecule has 3 rings (SSSR count). The highest BCUT2D eigenvalue weighted by Gasteiger charge is 2.13. The predicted molar refractivity (Wildman–Crippen MR) is 92.9 cm³/mol. The van der Waals surface area contributed by atoms with Crippen molar-refractivity contribution < 1.29 is 9.15 Å². The standard InChI is InChI=1S/C17H11BrClNO3/c1-22-15-7-6-12(19)8-13(15)14-9-16(21)23-17(20-14)10-2-4-11(18)5-3-10/h2-9H,1H3. The molecule has 23 heavy (non-hydrogen) atoms. The fraction of sp³-hybridized carbons (Fsp3) is 0.0588. The fourth-order valence-corrected chi connectivity index (χ4v) is 2.57. The van der Waals surface area contributed by atoms with Crippen LogP contribution in [0.5, 0.6) is 5.75 Å². The molecule has 0 aliphatic rings. The summed E-state index contributed by atoms with van der Waals surface area (Å²) in [5, 5.41) is 0.529. The van der Waals surface area contributed by atoms with Gasteiger partial charge in [0.25, 0.3) is 0 Å². The van der Waals surface area contributed by atoms with Crippen molar-refractivity contribution >= 4 is 27.5 Å². The minimum absolute atomic E-state index is 0.238. The maximum Gasteiger partial charge on any atom is 0.339 e. The number of hydrogen-bond acceptors (Lipinski definition) is 4. The van der Waals surface area contributed by atoms with Gasteiger partial charge in [0.1, 0.15) is 5.75 Å². The molecule has 0 aliphatic carbocycles. The topological polar surface area (TPSA) is 52.3 Å². The summed E-state index contributed by atoms with van der Waals surface area (Å²) in [5.74, 6) is 0.816. The van der Waals surface area contributed by atoms with Gasteiger partial charge in [0, 0.05) is 20.6 Å². The van der Waals surface area contributed by atoms with E-state index in [2.05, 4.69) is 20.9 Å². The summed E-state index contributed by atoms with van der Waals surface area (Å²) in [6, 6.07) is 13.8. The van der Waals surface area contributed by atoms with E-state index in [0.29, 0.717) is 27.6 Å². The van der Waals surface area contributed by atoms with Gasteiger partial charge in [-0.05, 0) is 42.5 Å². The molecule has 6 heteroatoms. The molecule has 116 valence electrons. The average Bonchev–Trinajstić information content (AvgIpc) is 2.55. The third kappa shape index (κ3) is 3.46. The first kappa shape index (κ1) is 15.8. The molecule has 0 N–H and O–H groups in total. The number of benzene rings is 2. The molecule has 0 fully saturated rings. The third-order valence-electron chi connectivity index (χ3n) is 3.20. The van der Waals surface area contributed by atoms with Crippen molar-refractivity contribution in [3.63, 3.8) is 0 Å². The number of rotatable bonds is 3. The summed E-state index contributed by atoms with van der Waals surface area (Å²) >= 11 is 9.41. The van der Waals surface area contributed by atoms with Crippen LogP contribution in [0.2, 0.25) is 5.02 Å². The summed E-state index contributed by atoms with van der Waals surface area (Å²) in [5.41, 5.74) is 1.29. The van der Waals surface area contributed by atoms with Gasteiger partial charge in [0.15, 0.2) is 0 Å². The molecule has 0 spiro atoms. The van der Waals surface area contributed by atoms with Gasteiger partial charge in [-0.3, -0.25) is 0 Å². The molecule has 4 nitrogen and oxygen atoms in total. The highest BCUT2D eigenvalue weighted by molar-refractivity contribution is 9.10. The minimum Gasteiger partial charge on any atom is -0.496 e. The normalized spacial score (nSPS) is 10.6. The van der Waals surface area contributed by atoms with Crippen LogP contribution in [0.1, 0.15) is 0 Å². The van der Waals surface area contributed by atoms with Crippen LogP contribution >= 0.6 is 27.5 Å². The molecule has 3 aromatic rings. The van der Waals surface area contributed by atoms with Gasteiger partial charge >= 0.3 is 5.63 Å². The van der Waals surface area contributed by atoms with Crippen LogP contribution < -0.4 is 10.4 Å². The molecule has 0 unspecified atom stereocenters. The zero-order valence-electron chi connectivity index (χ0n) is 12.0. The van der Waals surface area contributed by atoms with Gasteiger partial charge in [-0.1, -0.05) is 27.5 Å². The van der Waals surface area contributed by atoms with Crippen LogP contribution in [0.3, 0.4) is 0 Å². The number of methoxy groups -OCH3 is 1. The Kier molecular flexibility index (Phi) is 4.50. The summed E-state index contributed by atoms with van der Waals surface area (Å²) in [6.45, 7) is 0. The van der Waals surface area contributed by atoms with Gasteiger partial charge < -0.3 is 9.15 Å². The maximum absolute atomic E-state index is 11.9. The molecule has 0 radical (unpaired) electrons. The lowest BCUT2D eigenvalue weighted by atomic mass is 10.1. The van der Waals surface area contributed by atoms with Crippen molar-refractivity contribution in [2.45, 2.75) is 0 Å². The monoisotopic (exact) mass is 391 g/mol. The molecular formula is C17H11BrClNO3. The quantitative estimate of drug-likeness (QED) is 0.643. The molecular weight excluding hydrogens is 382 g/mol. The zero-order valence-corrected chi connectivity index (χ0v) is 14.4. The average molecular weight is 393 g/mol. The SMILES string of the molecule is COc1ccc(Cl)cc1-c1cc(=O)oc(-c2ccc(Br)cc2)n1. The Bertz CT molecular complexity index is 906. The van der Waals surface area contributed by atoms with Crippen LogP contribution in [0, 0.1) is 0 Å². The molecule has 0 atom stereocenters. The van der Waals surface area contributed by atoms with Gasteiger partial charge in [0.2, 0.25) is 5.89 Å². The first-order valence-electron chi connectivity index (χ1n) is 6.69. The van der Waals surface area contributed by atoms with Gasteiger partial charge in [-0.15, -0.1) is 0 Å². The largest absolute Gasteiger partial charge is 0.496 e. The van der Waals surface area contributed by atoms with Crippen LogP contribution in [0.25, 0.3) is 22.7 Å². The molecule has 0 saturated carbocycles. The summed E-state index contributed by atoms with van der Waals surface area (Å²) in [4.78, 5) is 16.4. The summed E-state index contributed by atoms with van der Waals surface area (Å²) in [6.07, 6.45) is 0. The summed E-state index contributed by atoms with van der Waals surface area (Å²) in [7, 11) is 1.55. The second-order valence-corrected chi connectivity index (χ2v) is 6.07. The van der Waals surface area contributed by atoms with Crippen molar-refractivity contribution in [2.24, 2.45) is 0 Å². The Labute approximate surface area is 145 Å². The molecule has 0 aliphatic heterocycles. The Morgan fingerprint density at radius 3 is 2.57 bits per heavy atom. The minimum atomic E-state index is -0.491. The van der Waals surface area contributed by atoms with Crippen LogP contribution in [0.15, 0.2) is 62.2 Å². The molecule has 0 amide bonds. The van der Waals surface area contributed by atoms with E-state index in [1.54, 1.807) is 25.3 Å². The predicted octanol–water partition coefficient (Wildman–Crippen LogP) is 4.79. The number of ether oxygens (including phenoxy) is 1. The van der Waals surface area contributed by atoms with Crippen molar-refractivity contribution in [1.29, 1.82) is 0 Å². The molecule has 1 aromatic heterocycles. The highest BCUT2D eigenvalue weighted by atomic mass is 79.9. The van der Waals surface area contributed by atoms with Crippen LogP contribution in [-0.2, 0) is 0 Å². The Morgan fingerprint density at radius 2 is 1.87 bits per heavy atom. The van der Waals surface area contributed by atoms with Gasteiger partial charge in [0.05, 0.1) is 18.9 Å². The van der Waals surface area contributed by atoms with Crippen molar-refractivity contribution in [3.05, 3.63) is 68.4 Å². The Hall–Kier alpha value is -2.11. The van der Waals surface area contributed by atoms with E-state index in [4.69, 9.17) is 20.8 Å². The number of halogens is 2. The van der Waals surface area contributed by atoms with E-state index < -0.39 is 5.63 Å². The number of nitrogens with zero attached hydrogens (tertiary/aromatic N) is 1. The highest BCUT2D eigenvalue weighted by Crippen LogP contribution is 2.32. The summed E-state index contributed by atoms with van der Waals surface area (Å²) < 4.78 is 11.5. The number of hydrogen-bond donors (Lipinski definition) is 0. The van der Waals surface area contributed by atoms with Crippen LogP contribution in [0.4, 0.5) is 0 Å². The lowest BCUT2D eigenvalue weighted by Gasteiger charge is -2.09. The third-order valence-corrected chi connectivity index (χ3v) is 3.97. The van der Waals surface area contributed by atoms with E-state index in [1.165, 1.54) is 6.07 Å². The smallest absolute Gasteiger partial charge is 0.339 e. The van der Waals surface area contributed by atoms with E-state index in [0.717, 1.165) is 4.47 Å². The van der Waals surface area contributed by atoms with E-state index in [1.807, 2.05) is 24.3 Å².